The Labute approximate surface area is 98.3 Å². The molecule has 0 heterocycles. The molecule has 0 fully saturated rings. The molecular weight excluding hydrogens is 200 g/mol. The van der Waals surface area contributed by atoms with Gasteiger partial charge in [0.15, 0.2) is 0 Å². The molecule has 16 heavy (non-hydrogen) atoms. The molecule has 0 aliphatic heterocycles. The topological polar surface area (TPSA) is 29.5 Å². The van der Waals surface area contributed by atoms with Crippen molar-refractivity contribution in [2.45, 2.75) is 40.2 Å². The highest BCUT2D eigenvalue weighted by Gasteiger charge is 2.21. The summed E-state index contributed by atoms with van der Waals surface area (Å²) in [6, 6.07) is 4.07. The molecule has 0 spiro atoms. The maximum absolute atomic E-state index is 10.3. The predicted molar refractivity (Wildman–Crippen MR) is 66.9 cm³/mol. The Bertz CT molecular complexity index is 358. The summed E-state index contributed by atoms with van der Waals surface area (Å²) >= 11 is 0. The smallest absolute Gasteiger partial charge is 0.125 e. The van der Waals surface area contributed by atoms with Gasteiger partial charge in [0.05, 0.1) is 13.2 Å². The minimum atomic E-state index is -0.444. The predicted octanol–water partition coefficient (Wildman–Crippen LogP) is 3.39. The van der Waals surface area contributed by atoms with Gasteiger partial charge >= 0.3 is 0 Å². The van der Waals surface area contributed by atoms with E-state index in [-0.39, 0.29) is 5.92 Å². The molecule has 0 saturated carbocycles. The molecule has 2 atom stereocenters. The zero-order valence-electron chi connectivity index (χ0n) is 10.9. The molecular formula is C14H22O2. The van der Waals surface area contributed by atoms with Crippen LogP contribution in [-0.4, -0.2) is 12.2 Å². The van der Waals surface area contributed by atoms with Crippen LogP contribution < -0.4 is 4.74 Å². The van der Waals surface area contributed by atoms with Crippen molar-refractivity contribution < 1.29 is 9.84 Å². The summed E-state index contributed by atoms with van der Waals surface area (Å²) in [4.78, 5) is 0. The Kier molecular flexibility index (Phi) is 4.36. The third-order valence-corrected chi connectivity index (χ3v) is 3.19. The molecule has 90 valence electrons. The van der Waals surface area contributed by atoms with Crippen LogP contribution in [0.5, 0.6) is 5.75 Å². The molecule has 0 aliphatic rings. The van der Waals surface area contributed by atoms with Crippen molar-refractivity contribution >= 4 is 0 Å². The molecule has 0 bridgehead atoms. The minimum Gasteiger partial charge on any atom is -0.496 e. The number of benzene rings is 1. The van der Waals surface area contributed by atoms with E-state index in [1.54, 1.807) is 7.11 Å². The van der Waals surface area contributed by atoms with E-state index in [4.69, 9.17) is 4.74 Å². The molecule has 1 aromatic carbocycles. The summed E-state index contributed by atoms with van der Waals surface area (Å²) in [5.74, 6) is 1.04. The van der Waals surface area contributed by atoms with Crippen molar-refractivity contribution in [1.29, 1.82) is 0 Å². The summed E-state index contributed by atoms with van der Waals surface area (Å²) in [7, 11) is 1.65. The van der Waals surface area contributed by atoms with Gasteiger partial charge in [-0.15, -0.1) is 0 Å². The van der Waals surface area contributed by atoms with Gasteiger partial charge in [0, 0.05) is 5.56 Å². The molecule has 0 saturated heterocycles. The lowest BCUT2D eigenvalue weighted by molar-refractivity contribution is 0.112. The van der Waals surface area contributed by atoms with E-state index < -0.39 is 6.10 Å². The molecule has 1 N–H and O–H groups in total. The van der Waals surface area contributed by atoms with Crippen LogP contribution in [-0.2, 0) is 0 Å². The van der Waals surface area contributed by atoms with Crippen LogP contribution in [0.1, 0.15) is 43.1 Å². The first-order valence-corrected chi connectivity index (χ1v) is 5.84. The number of methoxy groups -OCH3 is 1. The van der Waals surface area contributed by atoms with Gasteiger partial charge in [-0.05, 0) is 37.0 Å². The monoisotopic (exact) mass is 222 g/mol. The van der Waals surface area contributed by atoms with Gasteiger partial charge in [-0.3, -0.25) is 0 Å². The molecule has 2 heteroatoms. The fraction of sp³-hybridized carbons (Fsp3) is 0.571. The zero-order valence-corrected chi connectivity index (χ0v) is 10.9. The first-order valence-electron chi connectivity index (χ1n) is 5.84. The van der Waals surface area contributed by atoms with Crippen LogP contribution >= 0.6 is 0 Å². The van der Waals surface area contributed by atoms with Crippen LogP contribution in [0.2, 0.25) is 0 Å². The molecule has 1 rings (SSSR count). The lowest BCUT2D eigenvalue weighted by Gasteiger charge is -2.22. The van der Waals surface area contributed by atoms with E-state index in [0.717, 1.165) is 28.9 Å². The SMILES string of the molecule is CCC(C)C(O)c1c(C)cc(C)cc1OC. The first kappa shape index (κ1) is 13.0. The van der Waals surface area contributed by atoms with Crippen molar-refractivity contribution in [2.75, 3.05) is 7.11 Å². The van der Waals surface area contributed by atoms with Crippen molar-refractivity contribution in [3.63, 3.8) is 0 Å². The average molecular weight is 222 g/mol. The molecule has 0 aromatic heterocycles. The summed E-state index contributed by atoms with van der Waals surface area (Å²) < 4.78 is 5.36. The highest BCUT2D eigenvalue weighted by Crippen LogP contribution is 2.34. The Morgan fingerprint density at radius 3 is 2.44 bits per heavy atom. The van der Waals surface area contributed by atoms with Crippen LogP contribution in [0.4, 0.5) is 0 Å². The molecule has 2 unspecified atom stereocenters. The van der Waals surface area contributed by atoms with Gasteiger partial charge < -0.3 is 9.84 Å². The Morgan fingerprint density at radius 1 is 1.31 bits per heavy atom. The maximum atomic E-state index is 10.3. The Hall–Kier alpha value is -1.02. The maximum Gasteiger partial charge on any atom is 0.125 e. The van der Waals surface area contributed by atoms with Crippen molar-refractivity contribution in [2.24, 2.45) is 5.92 Å². The van der Waals surface area contributed by atoms with Gasteiger partial charge in [0.25, 0.3) is 0 Å². The van der Waals surface area contributed by atoms with Gasteiger partial charge in [-0.2, -0.15) is 0 Å². The highest BCUT2D eigenvalue weighted by molar-refractivity contribution is 5.44. The summed E-state index contributed by atoms with van der Waals surface area (Å²) in [6.07, 6.45) is 0.512. The second-order valence-electron chi connectivity index (χ2n) is 4.53. The van der Waals surface area contributed by atoms with Crippen LogP contribution in [0.3, 0.4) is 0 Å². The van der Waals surface area contributed by atoms with E-state index in [9.17, 15) is 5.11 Å². The number of hydrogen-bond donors (Lipinski definition) is 1. The Morgan fingerprint density at radius 2 is 1.94 bits per heavy atom. The van der Waals surface area contributed by atoms with E-state index in [2.05, 4.69) is 19.9 Å². The van der Waals surface area contributed by atoms with Crippen LogP contribution in [0.25, 0.3) is 0 Å². The van der Waals surface area contributed by atoms with Crippen molar-refractivity contribution in [1.82, 2.24) is 0 Å². The molecule has 1 aromatic rings. The van der Waals surface area contributed by atoms with Crippen molar-refractivity contribution in [3.05, 3.63) is 28.8 Å². The lowest BCUT2D eigenvalue weighted by Crippen LogP contribution is -2.11. The van der Waals surface area contributed by atoms with Crippen LogP contribution in [0, 0.1) is 19.8 Å². The number of aryl methyl sites for hydroxylation is 2. The molecule has 0 aliphatic carbocycles. The third-order valence-electron chi connectivity index (χ3n) is 3.19. The second kappa shape index (κ2) is 5.35. The molecule has 0 radical (unpaired) electrons. The fourth-order valence-corrected chi connectivity index (χ4v) is 2.00. The number of hydrogen-bond acceptors (Lipinski definition) is 2. The Balaban J connectivity index is 3.20. The largest absolute Gasteiger partial charge is 0.496 e. The normalized spacial score (nSPS) is 14.6. The first-order chi connectivity index (χ1) is 7.51. The standard InChI is InChI=1S/C14H22O2/c1-6-10(3)14(15)13-11(4)7-9(2)8-12(13)16-5/h7-8,10,14-15H,6H2,1-5H3. The van der Waals surface area contributed by atoms with E-state index >= 15 is 0 Å². The number of aliphatic hydroxyl groups excluding tert-OH is 1. The number of rotatable bonds is 4. The summed E-state index contributed by atoms with van der Waals surface area (Å²) in [5.41, 5.74) is 3.20. The quantitative estimate of drug-likeness (QED) is 0.846. The van der Waals surface area contributed by atoms with Gasteiger partial charge in [-0.25, -0.2) is 0 Å². The van der Waals surface area contributed by atoms with Gasteiger partial charge in [0.2, 0.25) is 0 Å². The van der Waals surface area contributed by atoms with E-state index in [1.807, 2.05) is 19.9 Å². The van der Waals surface area contributed by atoms with Crippen molar-refractivity contribution in [3.8, 4) is 5.75 Å². The number of ether oxygens (including phenoxy) is 1. The van der Waals surface area contributed by atoms with E-state index in [1.165, 1.54) is 0 Å². The second-order valence-corrected chi connectivity index (χ2v) is 4.53. The fourth-order valence-electron chi connectivity index (χ4n) is 2.00. The third kappa shape index (κ3) is 2.56. The average Bonchev–Trinajstić information content (AvgIpc) is 2.26. The summed E-state index contributed by atoms with van der Waals surface area (Å²) in [5, 5.41) is 10.3. The van der Waals surface area contributed by atoms with Gasteiger partial charge in [-0.1, -0.05) is 26.3 Å². The van der Waals surface area contributed by atoms with Crippen LogP contribution in [0.15, 0.2) is 12.1 Å². The molecule has 0 amide bonds. The highest BCUT2D eigenvalue weighted by atomic mass is 16.5. The summed E-state index contributed by atoms with van der Waals surface area (Å²) in [6.45, 7) is 8.21. The van der Waals surface area contributed by atoms with Gasteiger partial charge in [0.1, 0.15) is 5.75 Å². The van der Waals surface area contributed by atoms with E-state index in [0.29, 0.717) is 0 Å². The number of aliphatic hydroxyl groups is 1. The lowest BCUT2D eigenvalue weighted by atomic mass is 9.91. The minimum absolute atomic E-state index is 0.246. The zero-order chi connectivity index (χ0) is 12.3. The molecule has 2 nitrogen and oxygen atoms in total.